The van der Waals surface area contributed by atoms with Crippen LogP contribution in [0.25, 0.3) is 0 Å². The molecule has 0 aliphatic rings. The zero-order valence-corrected chi connectivity index (χ0v) is 15.3. The second kappa shape index (κ2) is 7.88. The number of halogens is 3. The van der Waals surface area contributed by atoms with Gasteiger partial charge in [-0.25, -0.2) is 0 Å². The fourth-order valence-electron chi connectivity index (χ4n) is 2.05. The van der Waals surface area contributed by atoms with Gasteiger partial charge in [-0.15, -0.1) is 0 Å². The highest BCUT2D eigenvalue weighted by Crippen LogP contribution is 2.24. The molecule has 2 rings (SSSR count). The lowest BCUT2D eigenvalue weighted by Crippen LogP contribution is -2.22. The molecule has 2 aromatic carbocycles. The summed E-state index contributed by atoms with van der Waals surface area (Å²) in [5.41, 5.74) is 1.64. The number of amides is 2. The lowest BCUT2D eigenvalue weighted by molar-refractivity contribution is -0.115. The van der Waals surface area contributed by atoms with Crippen LogP contribution in [0.1, 0.15) is 15.9 Å². The van der Waals surface area contributed by atoms with Crippen molar-refractivity contribution >= 4 is 52.3 Å². The minimum Gasteiger partial charge on any atom is -0.345 e. The Morgan fingerprint density at radius 3 is 2.25 bits per heavy atom. The first kappa shape index (κ1) is 18.6. The predicted octanol–water partition coefficient (Wildman–Crippen LogP) is 4.53. The Hall–Kier alpha value is -1.75. The van der Waals surface area contributed by atoms with Crippen molar-refractivity contribution in [2.45, 2.75) is 6.42 Å². The van der Waals surface area contributed by atoms with Gasteiger partial charge in [-0.1, -0.05) is 40.9 Å². The molecule has 7 heteroatoms. The third-order valence-corrected chi connectivity index (χ3v) is 4.29. The Kier molecular flexibility index (Phi) is 6.10. The van der Waals surface area contributed by atoms with Crippen LogP contribution in [-0.2, 0) is 11.2 Å². The summed E-state index contributed by atoms with van der Waals surface area (Å²) in [5.74, 6) is -0.426. The molecule has 0 atom stereocenters. The van der Waals surface area contributed by atoms with Gasteiger partial charge in [0.15, 0.2) is 0 Å². The number of benzene rings is 2. The fraction of sp³-hybridized carbons (Fsp3) is 0.176. The molecule has 2 amide bonds. The molecule has 0 radical (unpaired) electrons. The van der Waals surface area contributed by atoms with Crippen LogP contribution in [-0.4, -0.2) is 30.8 Å². The fourth-order valence-corrected chi connectivity index (χ4v) is 2.63. The Labute approximate surface area is 155 Å². The van der Waals surface area contributed by atoms with Crippen LogP contribution in [0.4, 0.5) is 5.69 Å². The van der Waals surface area contributed by atoms with Gasteiger partial charge in [0.1, 0.15) is 0 Å². The average Bonchev–Trinajstić information content (AvgIpc) is 2.50. The Balaban J connectivity index is 2.07. The van der Waals surface area contributed by atoms with Crippen LogP contribution in [0.5, 0.6) is 0 Å². The normalized spacial score (nSPS) is 10.4. The summed E-state index contributed by atoms with van der Waals surface area (Å²) in [4.78, 5) is 25.5. The molecule has 0 saturated heterocycles. The lowest BCUT2D eigenvalue weighted by Gasteiger charge is -2.13. The van der Waals surface area contributed by atoms with E-state index in [9.17, 15) is 9.59 Å². The summed E-state index contributed by atoms with van der Waals surface area (Å²) in [5, 5.41) is 3.85. The van der Waals surface area contributed by atoms with Crippen LogP contribution < -0.4 is 5.32 Å². The molecule has 0 spiro atoms. The van der Waals surface area contributed by atoms with Gasteiger partial charge < -0.3 is 10.2 Å². The Bertz CT molecular complexity index is 791. The van der Waals surface area contributed by atoms with Crippen LogP contribution >= 0.6 is 34.8 Å². The largest absolute Gasteiger partial charge is 0.345 e. The SMILES string of the molecule is CN(C)C(=O)c1ccc(NC(=O)Cc2ccc(Cl)c(Cl)c2)cc1Cl. The topological polar surface area (TPSA) is 49.4 Å². The van der Waals surface area contributed by atoms with Crippen LogP contribution in [0.2, 0.25) is 15.1 Å². The monoisotopic (exact) mass is 384 g/mol. The molecule has 0 bridgehead atoms. The quantitative estimate of drug-likeness (QED) is 0.840. The molecule has 0 aliphatic heterocycles. The van der Waals surface area contributed by atoms with Crippen molar-refractivity contribution in [2.75, 3.05) is 19.4 Å². The number of nitrogens with zero attached hydrogens (tertiary/aromatic N) is 1. The molecule has 0 fully saturated rings. The van der Waals surface area contributed by atoms with E-state index in [1.165, 1.54) is 4.90 Å². The standard InChI is InChI=1S/C17H15Cl3N2O2/c1-22(2)17(24)12-5-4-11(9-14(12)19)21-16(23)8-10-3-6-13(18)15(20)7-10/h3-7,9H,8H2,1-2H3,(H,21,23). The van der Waals surface area contributed by atoms with Crippen molar-refractivity contribution < 1.29 is 9.59 Å². The zero-order chi connectivity index (χ0) is 17.9. The second-order valence-electron chi connectivity index (χ2n) is 5.37. The number of carbonyl (C=O) groups is 2. The summed E-state index contributed by atoms with van der Waals surface area (Å²) in [7, 11) is 3.29. The van der Waals surface area contributed by atoms with E-state index < -0.39 is 0 Å². The van der Waals surface area contributed by atoms with E-state index >= 15 is 0 Å². The first-order valence-electron chi connectivity index (χ1n) is 7.03. The van der Waals surface area contributed by atoms with Gasteiger partial charge in [-0.05, 0) is 35.9 Å². The number of anilines is 1. The van der Waals surface area contributed by atoms with E-state index in [1.54, 1.807) is 50.5 Å². The summed E-state index contributed by atoms with van der Waals surface area (Å²) >= 11 is 17.9. The average molecular weight is 386 g/mol. The molecule has 0 heterocycles. The number of nitrogens with one attached hydrogen (secondary N) is 1. The third kappa shape index (κ3) is 4.63. The molecule has 0 aliphatic carbocycles. The number of hydrogen-bond acceptors (Lipinski definition) is 2. The van der Waals surface area contributed by atoms with E-state index in [1.807, 2.05) is 0 Å². The lowest BCUT2D eigenvalue weighted by atomic mass is 10.1. The molecular formula is C17H15Cl3N2O2. The maximum atomic E-state index is 12.1. The molecule has 4 nitrogen and oxygen atoms in total. The highest BCUT2D eigenvalue weighted by Gasteiger charge is 2.13. The molecule has 0 saturated carbocycles. The Morgan fingerprint density at radius 1 is 0.958 bits per heavy atom. The molecule has 0 unspecified atom stereocenters. The number of carbonyl (C=O) groups excluding carboxylic acids is 2. The highest BCUT2D eigenvalue weighted by molar-refractivity contribution is 6.42. The first-order valence-corrected chi connectivity index (χ1v) is 8.16. The summed E-state index contributed by atoms with van der Waals surface area (Å²) in [6.07, 6.45) is 0.146. The third-order valence-electron chi connectivity index (χ3n) is 3.24. The van der Waals surface area contributed by atoms with Crippen LogP contribution in [0.15, 0.2) is 36.4 Å². The van der Waals surface area contributed by atoms with Crippen molar-refractivity contribution in [1.29, 1.82) is 0 Å². The molecule has 0 aromatic heterocycles. The highest BCUT2D eigenvalue weighted by atomic mass is 35.5. The van der Waals surface area contributed by atoms with Crippen molar-refractivity contribution in [1.82, 2.24) is 4.90 Å². The van der Waals surface area contributed by atoms with Gasteiger partial charge >= 0.3 is 0 Å². The summed E-state index contributed by atoms with van der Waals surface area (Å²) in [6, 6.07) is 9.79. The van der Waals surface area contributed by atoms with Gasteiger partial charge in [-0.2, -0.15) is 0 Å². The molecule has 24 heavy (non-hydrogen) atoms. The minimum atomic E-state index is -0.226. The maximum absolute atomic E-state index is 12.1. The zero-order valence-electron chi connectivity index (χ0n) is 13.1. The van der Waals surface area contributed by atoms with E-state index in [0.29, 0.717) is 21.3 Å². The molecule has 1 N–H and O–H groups in total. The Morgan fingerprint density at radius 2 is 1.67 bits per heavy atom. The van der Waals surface area contributed by atoms with Gasteiger partial charge in [0.05, 0.1) is 27.1 Å². The maximum Gasteiger partial charge on any atom is 0.254 e. The number of hydrogen-bond donors (Lipinski definition) is 1. The molecule has 2 aromatic rings. The summed E-state index contributed by atoms with van der Waals surface area (Å²) < 4.78 is 0. The molecular weight excluding hydrogens is 371 g/mol. The van der Waals surface area contributed by atoms with E-state index in [2.05, 4.69) is 5.32 Å². The van der Waals surface area contributed by atoms with E-state index in [0.717, 1.165) is 5.56 Å². The second-order valence-corrected chi connectivity index (χ2v) is 6.59. The van der Waals surface area contributed by atoms with Crippen molar-refractivity contribution in [3.63, 3.8) is 0 Å². The summed E-state index contributed by atoms with van der Waals surface area (Å²) in [6.45, 7) is 0. The first-order chi connectivity index (χ1) is 11.3. The van der Waals surface area contributed by atoms with Crippen LogP contribution in [0.3, 0.4) is 0 Å². The predicted molar refractivity (Wildman–Crippen MR) is 98.3 cm³/mol. The van der Waals surface area contributed by atoms with Crippen molar-refractivity contribution in [3.8, 4) is 0 Å². The van der Waals surface area contributed by atoms with Crippen LogP contribution in [0, 0.1) is 0 Å². The molecule has 126 valence electrons. The number of rotatable bonds is 4. The van der Waals surface area contributed by atoms with Crippen molar-refractivity contribution in [3.05, 3.63) is 62.6 Å². The van der Waals surface area contributed by atoms with E-state index in [4.69, 9.17) is 34.8 Å². The van der Waals surface area contributed by atoms with Crippen molar-refractivity contribution in [2.24, 2.45) is 0 Å². The van der Waals surface area contributed by atoms with Gasteiger partial charge in [0.25, 0.3) is 5.91 Å². The minimum absolute atomic E-state index is 0.146. The van der Waals surface area contributed by atoms with E-state index in [-0.39, 0.29) is 23.3 Å². The van der Waals surface area contributed by atoms with Gasteiger partial charge in [0.2, 0.25) is 5.91 Å². The smallest absolute Gasteiger partial charge is 0.254 e. The van der Waals surface area contributed by atoms with Gasteiger partial charge in [-0.3, -0.25) is 9.59 Å². The van der Waals surface area contributed by atoms with Gasteiger partial charge in [0, 0.05) is 19.8 Å².